The fraction of sp³-hybridized carbons (Fsp3) is 0.565. The molecule has 1 saturated heterocycles. The fourth-order valence-electron chi connectivity index (χ4n) is 5.60. The molecule has 8 heteroatoms. The first-order valence-corrected chi connectivity index (χ1v) is 10.9. The third-order valence-corrected chi connectivity index (χ3v) is 7.17. The van der Waals surface area contributed by atoms with Crippen LogP contribution >= 0.6 is 0 Å². The zero-order chi connectivity index (χ0) is 21.8. The number of carboxylic acid groups (broad SMARTS) is 1. The summed E-state index contributed by atoms with van der Waals surface area (Å²) in [5, 5.41) is 16.5. The molecule has 166 valence electrons. The van der Waals surface area contributed by atoms with Crippen LogP contribution in [0.25, 0.3) is 11.3 Å². The molecule has 2 aromatic rings. The van der Waals surface area contributed by atoms with Gasteiger partial charge in [0.1, 0.15) is 17.5 Å². The molecule has 3 aliphatic rings. The van der Waals surface area contributed by atoms with Crippen LogP contribution < -0.4 is 5.32 Å². The maximum absolute atomic E-state index is 13.6. The van der Waals surface area contributed by atoms with Crippen LogP contribution in [0, 0.1) is 11.3 Å². The molecular weight excluding hydrogens is 409 g/mol. The van der Waals surface area contributed by atoms with Crippen LogP contribution in [0.15, 0.2) is 28.8 Å². The second kappa shape index (κ2) is 7.36. The molecule has 1 atom stereocenters. The van der Waals surface area contributed by atoms with Crippen molar-refractivity contribution in [1.29, 1.82) is 0 Å². The van der Waals surface area contributed by atoms with Gasteiger partial charge in [0.05, 0.1) is 5.56 Å². The minimum atomic E-state index is -4.46. The van der Waals surface area contributed by atoms with Gasteiger partial charge in [-0.1, -0.05) is 23.4 Å². The molecule has 0 bridgehead atoms. The van der Waals surface area contributed by atoms with E-state index in [1.165, 1.54) is 12.1 Å². The molecule has 0 radical (unpaired) electrons. The van der Waals surface area contributed by atoms with Gasteiger partial charge in [0, 0.05) is 17.0 Å². The molecule has 5 rings (SSSR count). The largest absolute Gasteiger partial charge is 0.480 e. The monoisotopic (exact) mass is 434 g/mol. The van der Waals surface area contributed by atoms with Crippen molar-refractivity contribution in [2.45, 2.75) is 63.1 Å². The lowest BCUT2D eigenvalue weighted by Crippen LogP contribution is -2.53. The number of rotatable bonds is 5. The zero-order valence-corrected chi connectivity index (χ0v) is 17.0. The molecule has 1 unspecified atom stereocenters. The number of hydrogen-bond donors (Lipinski definition) is 2. The number of halogens is 3. The highest BCUT2D eigenvalue weighted by atomic mass is 19.4. The number of aromatic nitrogens is 1. The van der Waals surface area contributed by atoms with Gasteiger partial charge < -0.3 is 14.9 Å². The highest BCUT2D eigenvalue weighted by Gasteiger charge is 2.49. The van der Waals surface area contributed by atoms with Crippen molar-refractivity contribution >= 4 is 5.97 Å². The Morgan fingerprint density at radius 2 is 1.97 bits per heavy atom. The molecule has 0 amide bonds. The predicted octanol–water partition coefficient (Wildman–Crippen LogP) is 5.01. The van der Waals surface area contributed by atoms with E-state index in [9.17, 15) is 23.1 Å². The Morgan fingerprint density at radius 3 is 2.65 bits per heavy atom. The smallest absolute Gasteiger partial charge is 0.417 e. The van der Waals surface area contributed by atoms with Crippen molar-refractivity contribution in [3.05, 3.63) is 41.2 Å². The average molecular weight is 434 g/mol. The first kappa shape index (κ1) is 20.5. The summed E-state index contributed by atoms with van der Waals surface area (Å²) in [5.74, 6) is 0.477. The van der Waals surface area contributed by atoms with Gasteiger partial charge in [0.15, 0.2) is 0 Å². The molecule has 2 aliphatic carbocycles. The lowest BCUT2D eigenvalue weighted by atomic mass is 9.55. The second-order valence-electron chi connectivity index (χ2n) is 9.47. The van der Waals surface area contributed by atoms with E-state index in [2.05, 4.69) is 10.5 Å². The summed E-state index contributed by atoms with van der Waals surface area (Å²) < 4.78 is 46.4. The SMILES string of the molecule is O=C(O)C1CC2(CCN1)CC(Cc1c(-c3ccccc3C(F)(F)F)noc1C1CC1)C2. The van der Waals surface area contributed by atoms with E-state index >= 15 is 0 Å². The van der Waals surface area contributed by atoms with Crippen LogP contribution in [0.3, 0.4) is 0 Å². The van der Waals surface area contributed by atoms with Crippen LogP contribution in [0.1, 0.15) is 61.3 Å². The molecular formula is C23H25F3N2O3. The standard InChI is InChI=1S/C23H25F3N2O3/c24-23(25,26)17-4-2-1-3-15(17)19-16(20(31-28-19)14-5-6-14)9-13-10-22(11-13)7-8-27-18(12-22)21(29)30/h1-4,13-14,18,27H,5-12H2,(H,29,30). The highest BCUT2D eigenvalue weighted by Crippen LogP contribution is 2.55. The van der Waals surface area contributed by atoms with E-state index in [1.54, 1.807) is 6.07 Å². The predicted molar refractivity (Wildman–Crippen MR) is 106 cm³/mol. The topological polar surface area (TPSA) is 75.4 Å². The van der Waals surface area contributed by atoms with Crippen LogP contribution in [-0.4, -0.2) is 28.8 Å². The van der Waals surface area contributed by atoms with E-state index in [1.807, 2.05) is 0 Å². The van der Waals surface area contributed by atoms with E-state index in [0.717, 1.165) is 49.5 Å². The third kappa shape index (κ3) is 3.86. The first-order chi connectivity index (χ1) is 14.8. The Morgan fingerprint density at radius 1 is 1.23 bits per heavy atom. The summed E-state index contributed by atoms with van der Waals surface area (Å²) in [4.78, 5) is 11.4. The van der Waals surface area contributed by atoms with Crippen molar-refractivity contribution in [2.75, 3.05) is 6.54 Å². The van der Waals surface area contributed by atoms with Crippen LogP contribution in [0.5, 0.6) is 0 Å². The minimum absolute atomic E-state index is 0.0277. The quantitative estimate of drug-likeness (QED) is 0.692. The number of benzene rings is 1. The van der Waals surface area contributed by atoms with Gasteiger partial charge in [-0.25, -0.2) is 0 Å². The Labute approximate surface area is 178 Å². The van der Waals surface area contributed by atoms with Crippen molar-refractivity contribution < 1.29 is 27.6 Å². The third-order valence-electron chi connectivity index (χ3n) is 7.17. The normalized spacial score (nSPS) is 28.5. The maximum atomic E-state index is 13.6. The molecule has 1 aromatic carbocycles. The Hall–Kier alpha value is -2.35. The summed E-state index contributed by atoms with van der Waals surface area (Å²) >= 11 is 0. The second-order valence-corrected chi connectivity index (χ2v) is 9.47. The van der Waals surface area contributed by atoms with E-state index in [0.29, 0.717) is 31.0 Å². The Kier molecular flexibility index (Phi) is 4.88. The number of nitrogens with zero attached hydrogens (tertiary/aromatic N) is 1. The molecule has 2 N–H and O–H groups in total. The van der Waals surface area contributed by atoms with Gasteiger partial charge in [-0.05, 0) is 68.9 Å². The summed E-state index contributed by atoms with van der Waals surface area (Å²) in [5.41, 5.74) is 0.523. The Balaban J connectivity index is 1.40. The van der Waals surface area contributed by atoms with E-state index in [4.69, 9.17) is 4.52 Å². The summed E-state index contributed by atoms with van der Waals surface area (Å²) in [6.45, 7) is 0.689. The van der Waals surface area contributed by atoms with Crippen molar-refractivity contribution in [2.24, 2.45) is 11.3 Å². The van der Waals surface area contributed by atoms with Crippen LogP contribution in [0.2, 0.25) is 0 Å². The fourth-order valence-corrected chi connectivity index (χ4v) is 5.60. The molecule has 1 spiro atoms. The molecule has 1 aromatic heterocycles. The van der Waals surface area contributed by atoms with Gasteiger partial charge >= 0.3 is 12.1 Å². The number of nitrogens with one attached hydrogen (secondary N) is 1. The van der Waals surface area contributed by atoms with Crippen LogP contribution in [-0.2, 0) is 17.4 Å². The zero-order valence-electron chi connectivity index (χ0n) is 17.0. The minimum Gasteiger partial charge on any atom is -0.480 e. The van der Waals surface area contributed by atoms with Gasteiger partial charge in [-0.15, -0.1) is 0 Å². The van der Waals surface area contributed by atoms with E-state index in [-0.39, 0.29) is 16.9 Å². The first-order valence-electron chi connectivity index (χ1n) is 10.9. The molecule has 31 heavy (non-hydrogen) atoms. The molecule has 2 heterocycles. The summed E-state index contributed by atoms with van der Waals surface area (Å²) in [7, 11) is 0. The highest BCUT2D eigenvalue weighted by molar-refractivity contribution is 5.73. The Bertz CT molecular complexity index is 990. The lowest BCUT2D eigenvalue weighted by Gasteiger charge is -2.52. The number of piperidine rings is 1. The van der Waals surface area contributed by atoms with E-state index < -0.39 is 23.8 Å². The van der Waals surface area contributed by atoms with Crippen molar-refractivity contribution in [1.82, 2.24) is 10.5 Å². The maximum Gasteiger partial charge on any atom is 0.417 e. The molecule has 3 fully saturated rings. The number of alkyl halides is 3. The van der Waals surface area contributed by atoms with Gasteiger partial charge in [-0.2, -0.15) is 13.2 Å². The molecule has 5 nitrogen and oxygen atoms in total. The van der Waals surface area contributed by atoms with Gasteiger partial charge in [0.25, 0.3) is 0 Å². The van der Waals surface area contributed by atoms with Gasteiger partial charge in [-0.3, -0.25) is 4.79 Å². The average Bonchev–Trinajstić information content (AvgIpc) is 3.47. The summed E-state index contributed by atoms with van der Waals surface area (Å²) in [6, 6.07) is 5.03. The lowest BCUT2D eigenvalue weighted by molar-refractivity contribution is -0.143. The van der Waals surface area contributed by atoms with Crippen molar-refractivity contribution in [3.8, 4) is 11.3 Å². The number of aliphatic carboxylic acids is 1. The molecule has 2 saturated carbocycles. The molecule has 1 aliphatic heterocycles. The number of carbonyl (C=O) groups is 1. The van der Waals surface area contributed by atoms with Gasteiger partial charge in [0.2, 0.25) is 0 Å². The summed E-state index contributed by atoms with van der Waals surface area (Å²) in [6.07, 6.45) is 1.46. The van der Waals surface area contributed by atoms with Crippen LogP contribution in [0.4, 0.5) is 13.2 Å². The number of hydrogen-bond acceptors (Lipinski definition) is 4. The number of carboxylic acids is 1. The van der Waals surface area contributed by atoms with Crippen molar-refractivity contribution in [3.63, 3.8) is 0 Å².